The summed E-state index contributed by atoms with van der Waals surface area (Å²) < 4.78 is 23.6. The van der Waals surface area contributed by atoms with Gasteiger partial charge in [0.05, 0.1) is 6.10 Å². The molecule has 1 saturated heterocycles. The van der Waals surface area contributed by atoms with Gasteiger partial charge in [-0.1, -0.05) is 0 Å². The van der Waals surface area contributed by atoms with E-state index in [4.69, 9.17) is 9.47 Å². The van der Waals surface area contributed by atoms with E-state index in [1.54, 1.807) is 12.1 Å². The van der Waals surface area contributed by atoms with Crippen molar-refractivity contribution >= 4 is 5.78 Å². The molecule has 0 aromatic heterocycles. The Morgan fingerprint density at radius 2 is 2.12 bits per heavy atom. The second kappa shape index (κ2) is 5.27. The van der Waals surface area contributed by atoms with Gasteiger partial charge in [-0.15, -0.1) is 0 Å². The van der Waals surface area contributed by atoms with Crippen LogP contribution in [0.3, 0.4) is 0 Å². The molecule has 0 unspecified atom stereocenters. The Bertz CT molecular complexity index is 388. The van der Waals surface area contributed by atoms with E-state index in [9.17, 15) is 9.18 Å². The Balaban J connectivity index is 1.80. The number of hydrogen-bond donors (Lipinski definition) is 0. The summed E-state index contributed by atoms with van der Waals surface area (Å²) in [6, 6.07) is 5.85. The lowest BCUT2D eigenvalue weighted by molar-refractivity contribution is -0.128. The van der Waals surface area contributed by atoms with Gasteiger partial charge in [-0.2, -0.15) is 0 Å². The van der Waals surface area contributed by atoms with Gasteiger partial charge in [-0.3, -0.25) is 4.79 Å². The molecule has 2 rings (SSSR count). The molecule has 1 fully saturated rings. The summed E-state index contributed by atoms with van der Waals surface area (Å²) in [6.45, 7) is 1.93. The Morgan fingerprint density at radius 3 is 2.71 bits per heavy atom. The van der Waals surface area contributed by atoms with Crippen molar-refractivity contribution in [2.75, 3.05) is 6.61 Å². The van der Waals surface area contributed by atoms with E-state index in [1.807, 2.05) is 0 Å². The van der Waals surface area contributed by atoms with Crippen molar-refractivity contribution in [3.63, 3.8) is 0 Å². The van der Waals surface area contributed by atoms with Gasteiger partial charge in [0.15, 0.2) is 5.78 Å². The number of hydrogen-bond acceptors (Lipinski definition) is 3. The predicted molar refractivity (Wildman–Crippen MR) is 60.5 cm³/mol. The van der Waals surface area contributed by atoms with E-state index < -0.39 is 0 Å². The normalized spacial score (nSPS) is 23.6. The minimum atomic E-state index is -0.286. The van der Waals surface area contributed by atoms with E-state index in [0.29, 0.717) is 12.4 Å². The fourth-order valence-electron chi connectivity index (χ4n) is 1.85. The summed E-state index contributed by atoms with van der Waals surface area (Å²) in [7, 11) is 0. The third kappa shape index (κ3) is 3.27. The van der Waals surface area contributed by atoms with Crippen LogP contribution in [0.5, 0.6) is 5.75 Å². The lowest BCUT2D eigenvalue weighted by atomic mass is 10.1. The molecule has 4 heteroatoms. The molecule has 1 heterocycles. The van der Waals surface area contributed by atoms with Crippen molar-refractivity contribution in [1.82, 2.24) is 0 Å². The van der Waals surface area contributed by atoms with Crippen LogP contribution in [0.4, 0.5) is 4.39 Å². The monoisotopic (exact) mass is 238 g/mol. The Hall–Kier alpha value is -1.42. The first kappa shape index (κ1) is 12.0. The minimum absolute atomic E-state index is 0.0473. The molecule has 92 valence electrons. The molecule has 17 heavy (non-hydrogen) atoms. The molecule has 0 N–H and O–H groups in total. The fourth-order valence-corrected chi connectivity index (χ4v) is 1.85. The number of halogens is 1. The standard InChI is InChI=1S/C13H15FO3/c1-9(15)13-7-6-12(17-13)8-16-11-4-2-10(14)3-5-11/h2-5,12-13H,6-8H2,1H3/t12-,13+/m0/s1. The highest BCUT2D eigenvalue weighted by atomic mass is 19.1. The van der Waals surface area contributed by atoms with Crippen molar-refractivity contribution in [2.45, 2.75) is 32.0 Å². The molecule has 1 aliphatic heterocycles. The molecule has 2 atom stereocenters. The lowest BCUT2D eigenvalue weighted by Crippen LogP contribution is -2.22. The smallest absolute Gasteiger partial charge is 0.158 e. The SMILES string of the molecule is CC(=O)[C@H]1CC[C@@H](COc2ccc(F)cc2)O1. The van der Waals surface area contributed by atoms with Gasteiger partial charge in [0.2, 0.25) is 0 Å². The number of rotatable bonds is 4. The first-order valence-corrected chi connectivity index (χ1v) is 5.69. The van der Waals surface area contributed by atoms with Gasteiger partial charge in [-0.05, 0) is 44.0 Å². The molecular formula is C13H15FO3. The number of Topliss-reactive ketones (excluding diaryl/α,β-unsaturated/α-hetero) is 1. The van der Waals surface area contributed by atoms with Crippen molar-refractivity contribution < 1.29 is 18.7 Å². The second-order valence-electron chi connectivity index (χ2n) is 4.20. The molecule has 3 nitrogen and oxygen atoms in total. The molecule has 0 spiro atoms. The van der Waals surface area contributed by atoms with Crippen LogP contribution in [0, 0.1) is 5.82 Å². The largest absolute Gasteiger partial charge is 0.491 e. The highest BCUT2D eigenvalue weighted by molar-refractivity contribution is 5.80. The third-order valence-electron chi connectivity index (χ3n) is 2.81. The van der Waals surface area contributed by atoms with Crippen LogP contribution in [-0.2, 0) is 9.53 Å². The van der Waals surface area contributed by atoms with Crippen LogP contribution in [0.1, 0.15) is 19.8 Å². The van der Waals surface area contributed by atoms with E-state index in [2.05, 4.69) is 0 Å². The van der Waals surface area contributed by atoms with E-state index in [1.165, 1.54) is 19.1 Å². The molecule has 1 aromatic carbocycles. The van der Waals surface area contributed by atoms with Crippen molar-refractivity contribution in [3.8, 4) is 5.75 Å². The highest BCUT2D eigenvalue weighted by Crippen LogP contribution is 2.21. The number of carbonyl (C=O) groups excluding carboxylic acids is 1. The van der Waals surface area contributed by atoms with Crippen LogP contribution in [0.15, 0.2) is 24.3 Å². The van der Waals surface area contributed by atoms with Gasteiger partial charge in [-0.25, -0.2) is 4.39 Å². The Labute approximate surface area is 99.5 Å². The van der Waals surface area contributed by atoms with Crippen molar-refractivity contribution in [1.29, 1.82) is 0 Å². The number of ether oxygens (including phenoxy) is 2. The highest BCUT2D eigenvalue weighted by Gasteiger charge is 2.28. The molecule has 1 aromatic rings. The zero-order valence-corrected chi connectivity index (χ0v) is 9.69. The molecular weight excluding hydrogens is 223 g/mol. The topological polar surface area (TPSA) is 35.5 Å². The summed E-state index contributed by atoms with van der Waals surface area (Å²) in [6.07, 6.45) is 1.25. The van der Waals surface area contributed by atoms with E-state index >= 15 is 0 Å². The maximum Gasteiger partial charge on any atom is 0.158 e. The first-order valence-electron chi connectivity index (χ1n) is 5.69. The van der Waals surface area contributed by atoms with Gasteiger partial charge < -0.3 is 9.47 Å². The molecule has 0 bridgehead atoms. The summed E-state index contributed by atoms with van der Waals surface area (Å²) in [5.74, 6) is 0.390. The summed E-state index contributed by atoms with van der Waals surface area (Å²) in [4.78, 5) is 11.1. The Kier molecular flexibility index (Phi) is 3.74. The number of benzene rings is 1. The van der Waals surface area contributed by atoms with Crippen LogP contribution in [-0.4, -0.2) is 24.6 Å². The van der Waals surface area contributed by atoms with E-state index in [-0.39, 0.29) is 23.8 Å². The summed E-state index contributed by atoms with van der Waals surface area (Å²) in [5, 5.41) is 0. The van der Waals surface area contributed by atoms with Gasteiger partial charge >= 0.3 is 0 Å². The quantitative estimate of drug-likeness (QED) is 0.807. The van der Waals surface area contributed by atoms with Crippen molar-refractivity contribution in [2.24, 2.45) is 0 Å². The number of carbonyl (C=O) groups is 1. The van der Waals surface area contributed by atoms with Crippen molar-refractivity contribution in [3.05, 3.63) is 30.1 Å². The average Bonchev–Trinajstić information content (AvgIpc) is 2.77. The van der Waals surface area contributed by atoms with Crippen LogP contribution >= 0.6 is 0 Å². The maximum atomic E-state index is 12.7. The fraction of sp³-hybridized carbons (Fsp3) is 0.462. The van der Waals surface area contributed by atoms with Gasteiger partial charge in [0, 0.05) is 0 Å². The first-order chi connectivity index (χ1) is 8.15. The molecule has 1 aliphatic rings. The summed E-state index contributed by atoms with van der Waals surface area (Å²) >= 11 is 0. The van der Waals surface area contributed by atoms with Gasteiger partial charge in [0.25, 0.3) is 0 Å². The average molecular weight is 238 g/mol. The Morgan fingerprint density at radius 1 is 1.41 bits per heavy atom. The van der Waals surface area contributed by atoms with Crippen LogP contribution < -0.4 is 4.74 Å². The summed E-state index contributed by atoms with van der Waals surface area (Å²) in [5.41, 5.74) is 0. The predicted octanol–water partition coefficient (Wildman–Crippen LogP) is 2.34. The third-order valence-corrected chi connectivity index (χ3v) is 2.81. The lowest BCUT2D eigenvalue weighted by Gasteiger charge is -2.13. The molecule has 0 amide bonds. The molecule has 0 aliphatic carbocycles. The zero-order valence-electron chi connectivity index (χ0n) is 9.69. The minimum Gasteiger partial charge on any atom is -0.491 e. The second-order valence-corrected chi connectivity index (χ2v) is 4.20. The molecule has 0 radical (unpaired) electrons. The maximum absolute atomic E-state index is 12.7. The number of ketones is 1. The molecule has 0 saturated carbocycles. The van der Waals surface area contributed by atoms with Gasteiger partial charge in [0.1, 0.15) is 24.3 Å². The van der Waals surface area contributed by atoms with E-state index in [0.717, 1.165) is 12.8 Å². The van der Waals surface area contributed by atoms with Crippen LogP contribution in [0.25, 0.3) is 0 Å². The zero-order chi connectivity index (χ0) is 12.3. The van der Waals surface area contributed by atoms with Crippen LogP contribution in [0.2, 0.25) is 0 Å².